The molecule has 0 radical (unpaired) electrons. The maximum Gasteiger partial charge on any atom is 0.324 e. The number of rotatable bonds is 3. The number of amides is 3. The lowest BCUT2D eigenvalue weighted by molar-refractivity contribution is -0.125. The van der Waals surface area contributed by atoms with Crippen molar-refractivity contribution in [3.05, 3.63) is 0 Å². The van der Waals surface area contributed by atoms with Crippen LogP contribution in [0.5, 0.6) is 0 Å². The maximum atomic E-state index is 11.1. The summed E-state index contributed by atoms with van der Waals surface area (Å²) in [5.74, 6) is -0.228. The van der Waals surface area contributed by atoms with Crippen molar-refractivity contribution in [3.8, 4) is 0 Å². The van der Waals surface area contributed by atoms with E-state index in [2.05, 4.69) is 5.32 Å². The lowest BCUT2D eigenvalue weighted by Crippen LogP contribution is -2.35. The molecule has 1 aliphatic rings. The Labute approximate surface area is 76.7 Å². The summed E-state index contributed by atoms with van der Waals surface area (Å²) in [6.07, 6.45) is 0.395. The van der Waals surface area contributed by atoms with E-state index < -0.39 is 5.60 Å². The van der Waals surface area contributed by atoms with Crippen LogP contribution in [0.25, 0.3) is 0 Å². The predicted molar refractivity (Wildman–Crippen MR) is 46.0 cm³/mol. The number of carbonyl (C=O) groups excluding carboxylic acids is 2. The summed E-state index contributed by atoms with van der Waals surface area (Å²) < 4.78 is 0. The molecule has 74 valence electrons. The van der Waals surface area contributed by atoms with Gasteiger partial charge in [0.15, 0.2) is 0 Å². The maximum absolute atomic E-state index is 11.1. The number of imide groups is 1. The first-order chi connectivity index (χ1) is 5.90. The molecule has 5 heteroatoms. The highest BCUT2D eigenvalue weighted by molar-refractivity contribution is 6.01. The summed E-state index contributed by atoms with van der Waals surface area (Å²) in [5, 5.41) is 11.8. The molecule has 1 saturated heterocycles. The van der Waals surface area contributed by atoms with Crippen LogP contribution in [0, 0.1) is 0 Å². The molecule has 0 unspecified atom stereocenters. The second-order valence-corrected chi connectivity index (χ2v) is 3.77. The van der Waals surface area contributed by atoms with Gasteiger partial charge >= 0.3 is 6.03 Å². The number of urea groups is 1. The minimum atomic E-state index is -0.844. The smallest absolute Gasteiger partial charge is 0.324 e. The molecular weight excluding hydrogens is 172 g/mol. The van der Waals surface area contributed by atoms with E-state index in [1.807, 2.05) is 0 Å². The molecule has 0 bridgehead atoms. The van der Waals surface area contributed by atoms with Gasteiger partial charge in [-0.05, 0) is 20.3 Å². The molecule has 0 aliphatic carbocycles. The number of nitrogens with one attached hydrogen (secondary N) is 1. The largest absolute Gasteiger partial charge is 0.390 e. The van der Waals surface area contributed by atoms with Gasteiger partial charge in [-0.3, -0.25) is 9.69 Å². The molecule has 2 N–H and O–H groups in total. The number of aliphatic hydroxyl groups is 1. The molecule has 3 amide bonds. The van der Waals surface area contributed by atoms with Gasteiger partial charge < -0.3 is 10.4 Å². The topological polar surface area (TPSA) is 69.6 Å². The summed E-state index contributed by atoms with van der Waals surface area (Å²) in [6, 6.07) is -0.366. The van der Waals surface area contributed by atoms with E-state index in [4.69, 9.17) is 0 Å². The molecule has 0 aromatic rings. The van der Waals surface area contributed by atoms with Gasteiger partial charge in [0.1, 0.15) is 0 Å². The van der Waals surface area contributed by atoms with Crippen LogP contribution in [-0.2, 0) is 4.79 Å². The van der Waals surface area contributed by atoms with Crippen molar-refractivity contribution in [2.45, 2.75) is 25.9 Å². The van der Waals surface area contributed by atoms with E-state index in [1.54, 1.807) is 13.8 Å². The Morgan fingerprint density at radius 2 is 2.15 bits per heavy atom. The zero-order valence-corrected chi connectivity index (χ0v) is 7.83. The third kappa shape index (κ3) is 2.69. The third-order valence-corrected chi connectivity index (χ3v) is 1.88. The van der Waals surface area contributed by atoms with Gasteiger partial charge in [0.25, 0.3) is 0 Å². The zero-order valence-electron chi connectivity index (χ0n) is 7.83. The Hall–Kier alpha value is -1.10. The average molecular weight is 186 g/mol. The second-order valence-electron chi connectivity index (χ2n) is 3.77. The van der Waals surface area contributed by atoms with E-state index in [0.29, 0.717) is 6.42 Å². The number of nitrogens with zero attached hydrogens (tertiary/aromatic N) is 1. The lowest BCUT2D eigenvalue weighted by atomic mass is 10.1. The van der Waals surface area contributed by atoms with Gasteiger partial charge in [0.05, 0.1) is 12.1 Å². The van der Waals surface area contributed by atoms with Crippen LogP contribution >= 0.6 is 0 Å². The molecular formula is C8H14N2O3. The van der Waals surface area contributed by atoms with Crippen molar-refractivity contribution < 1.29 is 14.7 Å². The Morgan fingerprint density at radius 3 is 2.54 bits per heavy atom. The summed E-state index contributed by atoms with van der Waals surface area (Å²) in [5.41, 5.74) is -0.844. The fourth-order valence-corrected chi connectivity index (χ4v) is 1.07. The minimum absolute atomic E-state index is 0.0741. The summed E-state index contributed by atoms with van der Waals surface area (Å²) in [6.45, 7) is 3.63. The van der Waals surface area contributed by atoms with Gasteiger partial charge in [-0.1, -0.05) is 0 Å². The second kappa shape index (κ2) is 3.33. The molecule has 0 aromatic heterocycles. The van der Waals surface area contributed by atoms with Crippen molar-refractivity contribution in [2.24, 2.45) is 0 Å². The van der Waals surface area contributed by atoms with Crippen molar-refractivity contribution in [1.29, 1.82) is 0 Å². The van der Waals surface area contributed by atoms with Crippen LogP contribution in [0.4, 0.5) is 4.79 Å². The zero-order chi connectivity index (χ0) is 10.1. The van der Waals surface area contributed by atoms with Crippen molar-refractivity contribution in [1.82, 2.24) is 10.2 Å². The van der Waals surface area contributed by atoms with Crippen molar-refractivity contribution in [2.75, 3.05) is 13.1 Å². The van der Waals surface area contributed by atoms with Crippen LogP contribution in [0.1, 0.15) is 20.3 Å². The van der Waals surface area contributed by atoms with E-state index in [0.717, 1.165) is 4.90 Å². The molecule has 1 heterocycles. The molecule has 1 fully saturated rings. The monoisotopic (exact) mass is 186 g/mol. The SMILES string of the molecule is CC(C)(O)CCN1C(=O)CNC1=O. The van der Waals surface area contributed by atoms with Crippen LogP contribution < -0.4 is 5.32 Å². The summed E-state index contributed by atoms with van der Waals surface area (Å²) in [4.78, 5) is 23.2. The molecule has 5 nitrogen and oxygen atoms in total. The highest BCUT2D eigenvalue weighted by atomic mass is 16.3. The Balaban J connectivity index is 2.45. The average Bonchev–Trinajstić information content (AvgIpc) is 2.27. The van der Waals surface area contributed by atoms with Gasteiger partial charge in [0, 0.05) is 6.54 Å². The van der Waals surface area contributed by atoms with Crippen molar-refractivity contribution in [3.63, 3.8) is 0 Å². The Kier molecular flexibility index (Phi) is 2.56. The number of hydrogen-bond donors (Lipinski definition) is 2. The van der Waals surface area contributed by atoms with Gasteiger partial charge in [-0.2, -0.15) is 0 Å². The molecule has 0 atom stereocenters. The van der Waals surface area contributed by atoms with Gasteiger partial charge in [-0.15, -0.1) is 0 Å². The summed E-state index contributed by atoms with van der Waals surface area (Å²) in [7, 11) is 0. The van der Waals surface area contributed by atoms with Crippen molar-refractivity contribution >= 4 is 11.9 Å². The minimum Gasteiger partial charge on any atom is -0.390 e. The molecule has 0 spiro atoms. The first kappa shape index (κ1) is 9.98. The van der Waals surface area contributed by atoms with Crippen LogP contribution in [-0.4, -0.2) is 40.6 Å². The van der Waals surface area contributed by atoms with Gasteiger partial charge in [-0.25, -0.2) is 4.79 Å². The normalized spacial score (nSPS) is 17.9. The van der Waals surface area contributed by atoms with Crippen LogP contribution in [0.3, 0.4) is 0 Å². The predicted octanol–water partition coefficient (Wildman–Crippen LogP) is -0.301. The Bertz CT molecular complexity index is 216. The molecule has 0 saturated carbocycles. The molecule has 13 heavy (non-hydrogen) atoms. The highest BCUT2D eigenvalue weighted by Gasteiger charge is 2.29. The number of carbonyl (C=O) groups is 2. The van der Waals surface area contributed by atoms with Crippen LogP contribution in [0.2, 0.25) is 0 Å². The van der Waals surface area contributed by atoms with E-state index >= 15 is 0 Å². The molecule has 1 rings (SSSR count). The van der Waals surface area contributed by atoms with E-state index in [1.165, 1.54) is 0 Å². The third-order valence-electron chi connectivity index (χ3n) is 1.88. The molecule has 0 aromatic carbocycles. The Morgan fingerprint density at radius 1 is 1.54 bits per heavy atom. The first-order valence-corrected chi connectivity index (χ1v) is 4.21. The fourth-order valence-electron chi connectivity index (χ4n) is 1.07. The quantitative estimate of drug-likeness (QED) is 0.594. The first-order valence-electron chi connectivity index (χ1n) is 4.21. The number of hydrogen-bond acceptors (Lipinski definition) is 3. The lowest BCUT2D eigenvalue weighted by Gasteiger charge is -2.20. The fraction of sp³-hybridized carbons (Fsp3) is 0.750. The van der Waals surface area contributed by atoms with E-state index in [9.17, 15) is 14.7 Å². The van der Waals surface area contributed by atoms with Gasteiger partial charge in [0.2, 0.25) is 5.91 Å². The highest BCUT2D eigenvalue weighted by Crippen LogP contribution is 2.10. The summed E-state index contributed by atoms with van der Waals surface area (Å²) >= 11 is 0. The van der Waals surface area contributed by atoms with Crippen LogP contribution in [0.15, 0.2) is 0 Å². The molecule has 1 aliphatic heterocycles. The standard InChI is InChI=1S/C8H14N2O3/c1-8(2,13)3-4-10-6(11)5-9-7(10)12/h13H,3-5H2,1-2H3,(H,9,12). The van der Waals surface area contributed by atoms with E-state index in [-0.39, 0.29) is 25.0 Å².